The molecule has 0 atom stereocenters. The summed E-state index contributed by atoms with van der Waals surface area (Å²) in [4.78, 5) is 11.3. The third-order valence-corrected chi connectivity index (χ3v) is 2.83. The zero-order chi connectivity index (χ0) is 15.7. The quantitative estimate of drug-likeness (QED) is 0.875. The molecule has 0 saturated carbocycles. The lowest BCUT2D eigenvalue weighted by molar-refractivity contribution is 0.0695. The second-order valence-corrected chi connectivity index (χ2v) is 4.99. The Morgan fingerprint density at radius 3 is 2.33 bits per heavy atom. The molecule has 112 valence electrons. The standard InChI is InChI=1S/C14H12F3NO3/c1-6(2)3-10-11(14(19)20)13(18-21-10)7-4-8(15)12(17)9(16)5-7/h4-6H,3H2,1-2H3,(H,19,20). The molecule has 1 N–H and O–H groups in total. The molecule has 4 nitrogen and oxygen atoms in total. The molecule has 0 unspecified atom stereocenters. The van der Waals surface area contributed by atoms with Gasteiger partial charge in [0.1, 0.15) is 11.3 Å². The van der Waals surface area contributed by atoms with Crippen LogP contribution in [0.5, 0.6) is 0 Å². The van der Waals surface area contributed by atoms with E-state index in [-0.39, 0.29) is 28.5 Å². The molecule has 0 amide bonds. The Morgan fingerprint density at radius 2 is 1.86 bits per heavy atom. The van der Waals surface area contributed by atoms with Crippen LogP contribution in [0.25, 0.3) is 11.3 Å². The Labute approximate surface area is 118 Å². The number of carboxylic acids is 1. The van der Waals surface area contributed by atoms with Crippen LogP contribution in [0.3, 0.4) is 0 Å². The molecule has 0 bridgehead atoms. The van der Waals surface area contributed by atoms with Crippen LogP contribution < -0.4 is 0 Å². The predicted molar refractivity (Wildman–Crippen MR) is 67.3 cm³/mol. The highest BCUT2D eigenvalue weighted by Crippen LogP contribution is 2.29. The van der Waals surface area contributed by atoms with E-state index in [1.807, 2.05) is 13.8 Å². The Hall–Kier alpha value is -2.31. The average molecular weight is 299 g/mol. The van der Waals surface area contributed by atoms with Gasteiger partial charge < -0.3 is 9.63 Å². The number of benzene rings is 1. The molecule has 1 aromatic carbocycles. The Kier molecular flexibility index (Phi) is 4.02. The van der Waals surface area contributed by atoms with Crippen molar-refractivity contribution >= 4 is 5.97 Å². The van der Waals surface area contributed by atoms with Crippen molar-refractivity contribution < 1.29 is 27.6 Å². The maximum Gasteiger partial charge on any atom is 0.341 e. The summed E-state index contributed by atoms with van der Waals surface area (Å²) in [6.07, 6.45) is 0.306. The Bertz CT molecular complexity index is 672. The van der Waals surface area contributed by atoms with Gasteiger partial charge in [-0.1, -0.05) is 19.0 Å². The van der Waals surface area contributed by atoms with Crippen LogP contribution in [-0.4, -0.2) is 16.2 Å². The van der Waals surface area contributed by atoms with E-state index in [0.717, 1.165) is 0 Å². The maximum atomic E-state index is 13.3. The monoisotopic (exact) mass is 299 g/mol. The molecule has 0 saturated heterocycles. The third kappa shape index (κ3) is 2.91. The van der Waals surface area contributed by atoms with E-state index in [1.54, 1.807) is 0 Å². The minimum Gasteiger partial charge on any atom is -0.477 e. The van der Waals surface area contributed by atoms with Crippen molar-refractivity contribution in [1.82, 2.24) is 5.16 Å². The van der Waals surface area contributed by atoms with Crippen LogP contribution in [0.2, 0.25) is 0 Å². The van der Waals surface area contributed by atoms with Crippen molar-refractivity contribution in [3.63, 3.8) is 0 Å². The van der Waals surface area contributed by atoms with Gasteiger partial charge in [0.15, 0.2) is 23.2 Å². The average Bonchev–Trinajstić information content (AvgIpc) is 2.78. The van der Waals surface area contributed by atoms with Crippen molar-refractivity contribution in [3.8, 4) is 11.3 Å². The first-order chi connectivity index (χ1) is 9.81. The summed E-state index contributed by atoms with van der Waals surface area (Å²) in [6, 6.07) is 1.36. The fraction of sp³-hybridized carbons (Fsp3) is 0.286. The van der Waals surface area contributed by atoms with E-state index in [0.29, 0.717) is 18.6 Å². The molecule has 2 rings (SSSR count). The van der Waals surface area contributed by atoms with Gasteiger partial charge in [-0.05, 0) is 18.1 Å². The minimum absolute atomic E-state index is 0.102. The first kappa shape index (κ1) is 15.1. The van der Waals surface area contributed by atoms with Crippen LogP contribution in [0, 0.1) is 23.4 Å². The highest BCUT2D eigenvalue weighted by atomic mass is 19.2. The van der Waals surface area contributed by atoms with Crippen molar-refractivity contribution in [2.75, 3.05) is 0 Å². The van der Waals surface area contributed by atoms with E-state index in [1.165, 1.54) is 0 Å². The van der Waals surface area contributed by atoms with Crippen LogP contribution in [0.4, 0.5) is 13.2 Å². The molecule has 0 radical (unpaired) electrons. The fourth-order valence-corrected chi connectivity index (χ4v) is 1.94. The van der Waals surface area contributed by atoms with Crippen LogP contribution >= 0.6 is 0 Å². The molecule has 7 heteroatoms. The lowest BCUT2D eigenvalue weighted by Crippen LogP contribution is -2.04. The highest BCUT2D eigenvalue weighted by molar-refractivity contribution is 5.95. The lowest BCUT2D eigenvalue weighted by Gasteiger charge is -2.03. The van der Waals surface area contributed by atoms with Gasteiger partial charge in [-0.25, -0.2) is 18.0 Å². The molecule has 0 aliphatic rings. The van der Waals surface area contributed by atoms with Gasteiger partial charge in [0, 0.05) is 12.0 Å². The minimum atomic E-state index is -1.62. The van der Waals surface area contributed by atoms with E-state index in [9.17, 15) is 23.1 Å². The number of hydrogen-bond donors (Lipinski definition) is 1. The molecule has 21 heavy (non-hydrogen) atoms. The molecular weight excluding hydrogens is 287 g/mol. The van der Waals surface area contributed by atoms with E-state index >= 15 is 0 Å². The first-order valence-electron chi connectivity index (χ1n) is 6.18. The lowest BCUT2D eigenvalue weighted by atomic mass is 10.0. The number of nitrogens with zero attached hydrogens (tertiary/aromatic N) is 1. The normalized spacial score (nSPS) is 11.1. The van der Waals surface area contributed by atoms with E-state index in [4.69, 9.17) is 4.52 Å². The van der Waals surface area contributed by atoms with Gasteiger partial charge >= 0.3 is 5.97 Å². The second-order valence-electron chi connectivity index (χ2n) is 4.99. The van der Waals surface area contributed by atoms with Gasteiger partial charge in [0.25, 0.3) is 0 Å². The maximum absolute atomic E-state index is 13.3. The molecule has 0 fully saturated rings. The molecule has 1 aromatic heterocycles. The number of rotatable bonds is 4. The first-order valence-corrected chi connectivity index (χ1v) is 6.18. The Balaban J connectivity index is 2.59. The summed E-state index contributed by atoms with van der Waals surface area (Å²) in [5.74, 6) is -5.58. The molecule has 0 aliphatic heterocycles. The smallest absolute Gasteiger partial charge is 0.341 e. The zero-order valence-corrected chi connectivity index (χ0v) is 11.3. The van der Waals surface area contributed by atoms with Crippen molar-refractivity contribution in [2.45, 2.75) is 20.3 Å². The van der Waals surface area contributed by atoms with E-state index < -0.39 is 23.4 Å². The second kappa shape index (κ2) is 5.59. The van der Waals surface area contributed by atoms with Gasteiger partial charge in [-0.2, -0.15) is 0 Å². The van der Waals surface area contributed by atoms with Crippen LogP contribution in [-0.2, 0) is 6.42 Å². The topological polar surface area (TPSA) is 63.3 Å². The van der Waals surface area contributed by atoms with Crippen molar-refractivity contribution in [1.29, 1.82) is 0 Å². The van der Waals surface area contributed by atoms with Gasteiger partial charge in [-0.3, -0.25) is 0 Å². The van der Waals surface area contributed by atoms with Gasteiger partial charge in [0.05, 0.1) is 0 Å². The van der Waals surface area contributed by atoms with Gasteiger partial charge in [-0.15, -0.1) is 0 Å². The number of hydrogen-bond acceptors (Lipinski definition) is 3. The Morgan fingerprint density at radius 1 is 1.29 bits per heavy atom. The number of aromatic nitrogens is 1. The predicted octanol–water partition coefficient (Wildman–Crippen LogP) is 3.66. The summed E-state index contributed by atoms with van der Waals surface area (Å²) in [7, 11) is 0. The SMILES string of the molecule is CC(C)Cc1onc(-c2cc(F)c(F)c(F)c2)c1C(=O)O. The zero-order valence-electron chi connectivity index (χ0n) is 11.3. The summed E-state index contributed by atoms with van der Waals surface area (Å²) in [5, 5.41) is 12.8. The summed E-state index contributed by atoms with van der Waals surface area (Å²) in [6.45, 7) is 3.70. The molecular formula is C14H12F3NO3. The third-order valence-electron chi connectivity index (χ3n) is 2.83. The highest BCUT2D eigenvalue weighted by Gasteiger charge is 2.25. The summed E-state index contributed by atoms with van der Waals surface area (Å²) >= 11 is 0. The summed E-state index contributed by atoms with van der Waals surface area (Å²) < 4.78 is 44.4. The van der Waals surface area contributed by atoms with Crippen LogP contribution in [0.15, 0.2) is 16.7 Å². The summed E-state index contributed by atoms with van der Waals surface area (Å²) in [5.41, 5.74) is -0.687. The molecule has 0 spiro atoms. The fourth-order valence-electron chi connectivity index (χ4n) is 1.94. The molecule has 1 heterocycles. The van der Waals surface area contributed by atoms with Gasteiger partial charge in [0.2, 0.25) is 0 Å². The van der Waals surface area contributed by atoms with E-state index in [2.05, 4.69) is 5.16 Å². The number of carboxylic acid groups (broad SMARTS) is 1. The number of halogens is 3. The van der Waals surface area contributed by atoms with Crippen molar-refractivity contribution in [3.05, 3.63) is 40.9 Å². The largest absolute Gasteiger partial charge is 0.477 e. The van der Waals surface area contributed by atoms with Crippen LogP contribution in [0.1, 0.15) is 30.0 Å². The molecule has 2 aromatic rings. The van der Waals surface area contributed by atoms with Crippen molar-refractivity contribution in [2.24, 2.45) is 5.92 Å². The number of carbonyl (C=O) groups is 1. The number of aromatic carboxylic acids is 1. The molecule has 0 aliphatic carbocycles.